The zero-order valence-electron chi connectivity index (χ0n) is 9.30. The van der Waals surface area contributed by atoms with Crippen molar-refractivity contribution in [3.8, 4) is 5.06 Å². The molecule has 0 saturated heterocycles. The van der Waals surface area contributed by atoms with Gasteiger partial charge in [0, 0.05) is 0 Å². The molecule has 92 valence electrons. The molecule has 0 aliphatic heterocycles. The Balaban J connectivity index is 0.00000256. The van der Waals surface area contributed by atoms with Gasteiger partial charge in [-0.3, -0.25) is 4.79 Å². The van der Waals surface area contributed by atoms with Gasteiger partial charge >= 0.3 is 43.7 Å². The minimum absolute atomic E-state index is 0. The molecule has 4 nitrogen and oxygen atoms in total. The van der Waals surface area contributed by atoms with Gasteiger partial charge < -0.3 is 10.1 Å². The fourth-order valence-corrected chi connectivity index (χ4v) is 1.86. The summed E-state index contributed by atoms with van der Waals surface area (Å²) in [6.07, 6.45) is 1.10. The Kier molecular flexibility index (Phi) is 8.86. The topological polar surface area (TPSA) is 55.4 Å². The molecule has 17 heavy (non-hydrogen) atoms. The summed E-state index contributed by atoms with van der Waals surface area (Å²) in [6.45, 7) is 3.97. The zero-order chi connectivity index (χ0) is 12.0. The van der Waals surface area contributed by atoms with Crippen molar-refractivity contribution in [3.63, 3.8) is 0 Å². The van der Waals surface area contributed by atoms with Crippen LogP contribution in [0.1, 0.15) is 20.3 Å². The van der Waals surface area contributed by atoms with Crippen LogP contribution in [0.25, 0.3) is 0 Å². The van der Waals surface area contributed by atoms with Gasteiger partial charge in [0.1, 0.15) is 6.04 Å². The molecule has 0 radical (unpaired) electrons. The predicted octanol–water partition coefficient (Wildman–Crippen LogP) is 0.898. The summed E-state index contributed by atoms with van der Waals surface area (Å²) in [6, 6.07) is 2.95. The second-order valence-electron chi connectivity index (χ2n) is 3.82. The minimum atomic E-state index is -0.570. The zero-order valence-corrected chi connectivity index (χ0v) is 10.1. The normalized spacial score (nSPS) is 11.5. The summed E-state index contributed by atoms with van der Waals surface area (Å²) in [4.78, 5) is 22.1. The Bertz CT molecular complexity index is 340. The first-order chi connectivity index (χ1) is 7.63. The fraction of sp³-hybridized carbons (Fsp3) is 0.455. The van der Waals surface area contributed by atoms with Crippen molar-refractivity contribution < 1.29 is 14.3 Å². The van der Waals surface area contributed by atoms with E-state index >= 15 is 0 Å². The van der Waals surface area contributed by atoms with Crippen LogP contribution in [0.2, 0.25) is 0 Å². The van der Waals surface area contributed by atoms with Crippen LogP contribution in [0, 0.1) is 5.92 Å². The van der Waals surface area contributed by atoms with Gasteiger partial charge in [-0.05, 0) is 29.9 Å². The summed E-state index contributed by atoms with van der Waals surface area (Å²) in [5.41, 5.74) is 0. The van der Waals surface area contributed by atoms with Crippen LogP contribution < -0.4 is 10.1 Å². The first-order valence-corrected chi connectivity index (χ1v) is 5.96. The van der Waals surface area contributed by atoms with Crippen molar-refractivity contribution in [1.82, 2.24) is 5.32 Å². The molecule has 6 heteroatoms. The van der Waals surface area contributed by atoms with Gasteiger partial charge in [0.15, 0.2) is 5.06 Å². The number of esters is 1. The van der Waals surface area contributed by atoms with Gasteiger partial charge in [0.05, 0.1) is 0 Å². The molecule has 1 N–H and O–H groups in total. The molecule has 1 heterocycles. The van der Waals surface area contributed by atoms with Crippen molar-refractivity contribution in [1.29, 1.82) is 0 Å². The van der Waals surface area contributed by atoms with Gasteiger partial charge in [0.25, 0.3) is 0 Å². The van der Waals surface area contributed by atoms with E-state index < -0.39 is 12.0 Å². The third-order valence-corrected chi connectivity index (χ3v) is 2.70. The van der Waals surface area contributed by atoms with Crippen LogP contribution in [0.3, 0.4) is 0 Å². The SMILES string of the molecule is CC(C)C[C@H](NC=O)C(=O)Oc1cccs1.[CaH2]. The van der Waals surface area contributed by atoms with Crippen molar-refractivity contribution >= 4 is 61.5 Å². The molecule has 0 bridgehead atoms. The molecule has 0 saturated carbocycles. The number of amides is 1. The van der Waals surface area contributed by atoms with E-state index in [4.69, 9.17) is 4.74 Å². The number of carbonyl (C=O) groups is 2. The second kappa shape index (κ2) is 8.91. The predicted molar refractivity (Wildman–Crippen MR) is 70.9 cm³/mol. The summed E-state index contributed by atoms with van der Waals surface area (Å²) < 4.78 is 5.13. The Morgan fingerprint density at radius 3 is 2.76 bits per heavy atom. The molecule has 1 rings (SSSR count). The van der Waals surface area contributed by atoms with Gasteiger partial charge in [-0.1, -0.05) is 13.8 Å². The molecule has 0 aromatic carbocycles. The first kappa shape index (κ1) is 16.9. The summed E-state index contributed by atoms with van der Waals surface area (Å²) in [5, 5.41) is 4.85. The summed E-state index contributed by atoms with van der Waals surface area (Å²) in [5.74, 6) is -0.100. The Hall–Kier alpha value is -0.100. The van der Waals surface area contributed by atoms with Crippen LogP contribution in [-0.4, -0.2) is 56.2 Å². The number of thiophene rings is 1. The van der Waals surface area contributed by atoms with Crippen molar-refractivity contribution in [2.75, 3.05) is 0 Å². The van der Waals surface area contributed by atoms with Gasteiger partial charge in [-0.25, -0.2) is 4.79 Å². The molecular weight excluding hydrogens is 266 g/mol. The van der Waals surface area contributed by atoms with Crippen LogP contribution in [0.5, 0.6) is 5.06 Å². The Labute approximate surface area is 135 Å². The average molecular weight is 283 g/mol. The van der Waals surface area contributed by atoms with Crippen molar-refractivity contribution in [2.45, 2.75) is 26.3 Å². The molecule has 0 aliphatic carbocycles. The number of hydrogen-bond donors (Lipinski definition) is 1. The summed E-state index contributed by atoms with van der Waals surface area (Å²) in [7, 11) is 0. The monoisotopic (exact) mass is 283 g/mol. The quantitative estimate of drug-likeness (QED) is 0.479. The number of ether oxygens (including phenoxy) is 1. The van der Waals surface area contributed by atoms with E-state index in [9.17, 15) is 9.59 Å². The first-order valence-electron chi connectivity index (χ1n) is 5.08. The van der Waals surface area contributed by atoms with Gasteiger partial charge in [-0.15, -0.1) is 11.3 Å². The van der Waals surface area contributed by atoms with E-state index in [-0.39, 0.29) is 37.7 Å². The van der Waals surface area contributed by atoms with Crippen LogP contribution in [0.15, 0.2) is 17.5 Å². The second-order valence-corrected chi connectivity index (χ2v) is 4.73. The van der Waals surface area contributed by atoms with Crippen molar-refractivity contribution in [3.05, 3.63) is 17.5 Å². The van der Waals surface area contributed by atoms with E-state index in [1.807, 2.05) is 19.2 Å². The van der Waals surface area contributed by atoms with E-state index in [2.05, 4.69) is 5.32 Å². The Morgan fingerprint density at radius 2 is 2.29 bits per heavy atom. The number of carbonyl (C=O) groups excluding carboxylic acids is 2. The number of hydrogen-bond acceptors (Lipinski definition) is 4. The van der Waals surface area contributed by atoms with Crippen LogP contribution >= 0.6 is 11.3 Å². The maximum absolute atomic E-state index is 11.7. The maximum atomic E-state index is 11.7. The molecule has 1 atom stereocenters. The molecule has 1 amide bonds. The van der Waals surface area contributed by atoms with Crippen LogP contribution in [0.4, 0.5) is 0 Å². The van der Waals surface area contributed by atoms with E-state index in [0.29, 0.717) is 23.8 Å². The molecule has 0 fully saturated rings. The van der Waals surface area contributed by atoms with E-state index in [1.165, 1.54) is 11.3 Å². The molecular formula is C11H17CaNO3S. The molecule has 0 spiro atoms. The fourth-order valence-electron chi connectivity index (χ4n) is 1.28. The Morgan fingerprint density at radius 1 is 1.59 bits per heavy atom. The number of rotatable bonds is 6. The number of nitrogens with one attached hydrogen (secondary N) is 1. The molecule has 1 aromatic heterocycles. The average Bonchev–Trinajstić information content (AvgIpc) is 2.69. The molecule has 1 aromatic rings. The van der Waals surface area contributed by atoms with Crippen molar-refractivity contribution in [2.24, 2.45) is 5.92 Å². The van der Waals surface area contributed by atoms with E-state index in [0.717, 1.165) is 0 Å². The third-order valence-electron chi connectivity index (χ3n) is 1.96. The summed E-state index contributed by atoms with van der Waals surface area (Å²) >= 11 is 1.35. The standard InChI is InChI=1S/C11H15NO3S.Ca.2H/c1-8(2)6-9(12-7-13)11(14)15-10-4-3-5-16-10;;;/h3-5,7-9H,6H2,1-2H3,(H,12,13);;;/t9-;;;/m0.../s1. The van der Waals surface area contributed by atoms with Crippen LogP contribution in [-0.2, 0) is 9.59 Å². The molecule has 0 unspecified atom stereocenters. The third kappa shape index (κ3) is 6.41. The van der Waals surface area contributed by atoms with Gasteiger partial charge in [-0.2, -0.15) is 0 Å². The molecule has 0 aliphatic rings. The van der Waals surface area contributed by atoms with Gasteiger partial charge in [0.2, 0.25) is 6.41 Å². The van der Waals surface area contributed by atoms with E-state index in [1.54, 1.807) is 12.1 Å².